The van der Waals surface area contributed by atoms with E-state index in [2.05, 4.69) is 26.6 Å². The SMILES string of the molecule is CSCC[C@H](NC(=O)Nc1ccc(Br)c(F)c1)C(=O)O. The third kappa shape index (κ3) is 5.38. The number of anilines is 1. The van der Waals surface area contributed by atoms with Crippen molar-refractivity contribution < 1.29 is 19.1 Å². The van der Waals surface area contributed by atoms with E-state index in [1.165, 1.54) is 23.9 Å². The number of amides is 2. The highest BCUT2D eigenvalue weighted by Gasteiger charge is 2.19. The van der Waals surface area contributed by atoms with Gasteiger partial charge in [-0.25, -0.2) is 14.0 Å². The van der Waals surface area contributed by atoms with Crippen LogP contribution in [0, 0.1) is 5.82 Å². The molecule has 1 atom stereocenters. The molecule has 5 nitrogen and oxygen atoms in total. The summed E-state index contributed by atoms with van der Waals surface area (Å²) in [4.78, 5) is 22.6. The van der Waals surface area contributed by atoms with Crippen molar-refractivity contribution in [1.29, 1.82) is 0 Å². The summed E-state index contributed by atoms with van der Waals surface area (Å²) in [5, 5.41) is 13.7. The summed E-state index contributed by atoms with van der Waals surface area (Å²) in [6, 6.07) is 2.45. The van der Waals surface area contributed by atoms with E-state index in [-0.39, 0.29) is 10.2 Å². The summed E-state index contributed by atoms with van der Waals surface area (Å²) >= 11 is 4.49. The zero-order chi connectivity index (χ0) is 15.1. The van der Waals surface area contributed by atoms with Crippen LogP contribution in [0.5, 0.6) is 0 Å². The summed E-state index contributed by atoms with van der Waals surface area (Å²) in [6.45, 7) is 0. The van der Waals surface area contributed by atoms with Crippen LogP contribution in [0.2, 0.25) is 0 Å². The molecule has 0 radical (unpaired) electrons. The van der Waals surface area contributed by atoms with Crippen LogP contribution in [0.15, 0.2) is 22.7 Å². The molecule has 3 N–H and O–H groups in total. The van der Waals surface area contributed by atoms with Gasteiger partial charge in [-0.3, -0.25) is 0 Å². The third-order valence-corrected chi connectivity index (χ3v) is 3.68. The Bertz CT molecular complexity index is 502. The second kappa shape index (κ2) is 8.11. The molecule has 0 saturated heterocycles. The maximum Gasteiger partial charge on any atom is 0.326 e. The molecule has 2 amide bonds. The zero-order valence-corrected chi connectivity index (χ0v) is 13.1. The second-order valence-corrected chi connectivity index (χ2v) is 5.74. The van der Waals surface area contributed by atoms with Crippen molar-refractivity contribution in [3.63, 3.8) is 0 Å². The molecule has 0 saturated carbocycles. The van der Waals surface area contributed by atoms with E-state index in [0.29, 0.717) is 12.2 Å². The number of urea groups is 1. The van der Waals surface area contributed by atoms with Gasteiger partial charge in [-0.1, -0.05) is 0 Å². The van der Waals surface area contributed by atoms with Gasteiger partial charge in [-0.2, -0.15) is 11.8 Å². The van der Waals surface area contributed by atoms with Crippen molar-refractivity contribution in [2.75, 3.05) is 17.3 Å². The Morgan fingerprint density at radius 3 is 2.75 bits per heavy atom. The Balaban J connectivity index is 2.60. The number of aliphatic carboxylic acids is 1. The number of benzene rings is 1. The summed E-state index contributed by atoms with van der Waals surface area (Å²) in [6.07, 6.45) is 2.17. The van der Waals surface area contributed by atoms with Crippen molar-refractivity contribution >= 4 is 45.4 Å². The zero-order valence-electron chi connectivity index (χ0n) is 10.7. The Kier molecular flexibility index (Phi) is 6.80. The predicted molar refractivity (Wildman–Crippen MR) is 80.7 cm³/mol. The van der Waals surface area contributed by atoms with Gasteiger partial charge in [-0.05, 0) is 52.6 Å². The molecule has 1 aromatic rings. The van der Waals surface area contributed by atoms with Crippen molar-refractivity contribution in [3.8, 4) is 0 Å². The van der Waals surface area contributed by atoms with Crippen molar-refractivity contribution in [1.82, 2.24) is 5.32 Å². The number of carboxylic acids is 1. The smallest absolute Gasteiger partial charge is 0.326 e. The minimum Gasteiger partial charge on any atom is -0.480 e. The normalized spacial score (nSPS) is 11.8. The number of hydrogen-bond acceptors (Lipinski definition) is 3. The average Bonchev–Trinajstić information content (AvgIpc) is 2.38. The van der Waals surface area contributed by atoms with Gasteiger partial charge in [-0.15, -0.1) is 0 Å². The van der Waals surface area contributed by atoms with Crippen molar-refractivity contribution in [3.05, 3.63) is 28.5 Å². The Morgan fingerprint density at radius 2 is 2.20 bits per heavy atom. The maximum absolute atomic E-state index is 13.3. The van der Waals surface area contributed by atoms with Crippen LogP contribution in [0.4, 0.5) is 14.9 Å². The second-order valence-electron chi connectivity index (χ2n) is 3.90. The van der Waals surface area contributed by atoms with Crippen LogP contribution in [0.1, 0.15) is 6.42 Å². The molecule has 0 aliphatic rings. The highest BCUT2D eigenvalue weighted by atomic mass is 79.9. The van der Waals surface area contributed by atoms with Crippen LogP contribution in [0.3, 0.4) is 0 Å². The number of nitrogens with one attached hydrogen (secondary N) is 2. The van der Waals surface area contributed by atoms with E-state index < -0.39 is 23.9 Å². The highest BCUT2D eigenvalue weighted by molar-refractivity contribution is 9.10. The van der Waals surface area contributed by atoms with Crippen LogP contribution >= 0.6 is 27.7 Å². The molecule has 1 rings (SSSR count). The largest absolute Gasteiger partial charge is 0.480 e. The van der Waals surface area contributed by atoms with Crippen LogP contribution in [-0.2, 0) is 4.79 Å². The monoisotopic (exact) mass is 364 g/mol. The lowest BCUT2D eigenvalue weighted by molar-refractivity contribution is -0.139. The summed E-state index contributed by atoms with van der Waals surface area (Å²) in [5.41, 5.74) is 0.247. The standard InChI is InChI=1S/C12H14BrFN2O3S/c1-20-5-4-10(11(17)18)16-12(19)15-7-2-3-8(13)9(14)6-7/h2-3,6,10H,4-5H2,1H3,(H,17,18)(H2,15,16,19)/t10-/m0/s1. The molecular weight excluding hydrogens is 351 g/mol. The third-order valence-electron chi connectivity index (χ3n) is 2.39. The minimum absolute atomic E-state index is 0.247. The van der Waals surface area contributed by atoms with E-state index in [1.54, 1.807) is 0 Å². The molecule has 0 bridgehead atoms. The average molecular weight is 365 g/mol. The topological polar surface area (TPSA) is 78.4 Å². The first-order valence-electron chi connectivity index (χ1n) is 5.68. The van der Waals surface area contributed by atoms with Crippen LogP contribution in [-0.4, -0.2) is 35.2 Å². The fourth-order valence-electron chi connectivity index (χ4n) is 1.39. The number of carboxylic acid groups (broad SMARTS) is 1. The molecule has 0 aliphatic carbocycles. The molecule has 0 aliphatic heterocycles. The van der Waals surface area contributed by atoms with Crippen molar-refractivity contribution in [2.45, 2.75) is 12.5 Å². The number of carbonyl (C=O) groups is 2. The lowest BCUT2D eigenvalue weighted by Gasteiger charge is -2.14. The first kappa shape index (κ1) is 16.8. The van der Waals surface area contributed by atoms with Crippen molar-refractivity contribution in [2.24, 2.45) is 0 Å². The number of rotatable bonds is 6. The van der Waals surface area contributed by atoms with E-state index >= 15 is 0 Å². The minimum atomic E-state index is -1.10. The molecule has 0 spiro atoms. The molecule has 110 valence electrons. The van der Waals surface area contributed by atoms with E-state index in [9.17, 15) is 14.0 Å². The van der Waals surface area contributed by atoms with Gasteiger partial charge in [0, 0.05) is 5.69 Å². The molecule has 0 aromatic heterocycles. The van der Waals surface area contributed by atoms with Gasteiger partial charge in [0.05, 0.1) is 4.47 Å². The summed E-state index contributed by atoms with van der Waals surface area (Å²) in [5.74, 6) is -0.999. The molecule has 0 heterocycles. The Hall–Kier alpha value is -1.28. The highest BCUT2D eigenvalue weighted by Crippen LogP contribution is 2.19. The number of thioether (sulfide) groups is 1. The molecule has 1 aromatic carbocycles. The van der Waals surface area contributed by atoms with Gasteiger partial charge >= 0.3 is 12.0 Å². The molecule has 20 heavy (non-hydrogen) atoms. The number of carbonyl (C=O) groups excluding carboxylic acids is 1. The summed E-state index contributed by atoms with van der Waals surface area (Å²) in [7, 11) is 0. The molecule has 0 fully saturated rings. The number of halogens is 2. The van der Waals surface area contributed by atoms with E-state index in [1.807, 2.05) is 6.26 Å². The fourth-order valence-corrected chi connectivity index (χ4v) is 2.11. The van der Waals surface area contributed by atoms with E-state index in [4.69, 9.17) is 5.11 Å². The van der Waals surface area contributed by atoms with Crippen LogP contribution in [0.25, 0.3) is 0 Å². The maximum atomic E-state index is 13.3. The van der Waals surface area contributed by atoms with Gasteiger partial charge in [0.15, 0.2) is 0 Å². The quantitative estimate of drug-likeness (QED) is 0.724. The fraction of sp³-hybridized carbons (Fsp3) is 0.333. The summed E-state index contributed by atoms with van der Waals surface area (Å²) < 4.78 is 13.6. The molecule has 8 heteroatoms. The molecular formula is C12H14BrFN2O3S. The predicted octanol–water partition coefficient (Wildman–Crippen LogP) is 2.92. The van der Waals surface area contributed by atoms with Gasteiger partial charge < -0.3 is 15.7 Å². The Morgan fingerprint density at radius 1 is 1.50 bits per heavy atom. The van der Waals surface area contributed by atoms with Gasteiger partial charge in [0.2, 0.25) is 0 Å². The lowest BCUT2D eigenvalue weighted by Crippen LogP contribution is -2.43. The lowest BCUT2D eigenvalue weighted by atomic mass is 10.2. The number of hydrogen-bond donors (Lipinski definition) is 3. The van der Waals surface area contributed by atoms with Gasteiger partial charge in [0.25, 0.3) is 0 Å². The van der Waals surface area contributed by atoms with E-state index in [0.717, 1.165) is 6.07 Å². The van der Waals surface area contributed by atoms with Gasteiger partial charge in [0.1, 0.15) is 11.9 Å². The van der Waals surface area contributed by atoms with Crippen LogP contribution < -0.4 is 10.6 Å². The first-order chi connectivity index (χ1) is 9.43. The molecule has 0 unspecified atom stereocenters. The first-order valence-corrected chi connectivity index (χ1v) is 7.87. The Labute approximate surface area is 128 Å².